The molecule has 0 saturated carbocycles. The van der Waals surface area contributed by atoms with E-state index < -0.39 is 12.0 Å². The molecule has 184 valence electrons. The lowest BCUT2D eigenvalue weighted by Gasteiger charge is -2.28. The second kappa shape index (κ2) is 10.9. The van der Waals surface area contributed by atoms with Gasteiger partial charge in [-0.1, -0.05) is 54.6 Å². The van der Waals surface area contributed by atoms with Crippen molar-refractivity contribution in [3.8, 4) is 11.5 Å². The Kier molecular flexibility index (Phi) is 7.65. The van der Waals surface area contributed by atoms with Crippen LogP contribution in [0.3, 0.4) is 0 Å². The van der Waals surface area contributed by atoms with Gasteiger partial charge in [-0.25, -0.2) is 9.48 Å². The number of anilines is 1. The number of ether oxygens (including phenoxy) is 3. The van der Waals surface area contributed by atoms with Crippen LogP contribution in [0.2, 0.25) is 0 Å². The standard InChI is InChI=1S/C26H30N4O4S/c1-6-33-21-14-19(12-13-20(21)34-15-18-10-8-16(3)9-11-18)23-22(24(31)32-5)17(4)27-25-28-26(35-7-2)29-30(23)25/h8-14,23H,6-7,15H2,1-5H3,(H,27,28,29). The maximum atomic E-state index is 12.8. The Hall–Kier alpha value is -3.46. The maximum absolute atomic E-state index is 12.8. The molecule has 3 aromatic rings. The molecule has 1 atom stereocenters. The molecule has 0 fully saturated rings. The highest BCUT2D eigenvalue weighted by molar-refractivity contribution is 7.99. The molecule has 9 heteroatoms. The van der Waals surface area contributed by atoms with Gasteiger partial charge in [-0.05, 0) is 49.8 Å². The number of hydrogen-bond acceptors (Lipinski definition) is 8. The van der Waals surface area contributed by atoms with Gasteiger partial charge in [-0.2, -0.15) is 4.98 Å². The number of rotatable bonds is 9. The zero-order valence-corrected chi connectivity index (χ0v) is 21.4. The lowest BCUT2D eigenvalue weighted by molar-refractivity contribution is -0.136. The minimum absolute atomic E-state index is 0.421. The predicted molar refractivity (Wildman–Crippen MR) is 136 cm³/mol. The molecule has 0 bridgehead atoms. The van der Waals surface area contributed by atoms with Crippen molar-refractivity contribution in [2.75, 3.05) is 24.8 Å². The fourth-order valence-corrected chi connectivity index (χ4v) is 4.49. The number of fused-ring (bicyclic) bond motifs is 1. The van der Waals surface area contributed by atoms with Gasteiger partial charge in [0.05, 0.1) is 19.3 Å². The largest absolute Gasteiger partial charge is 0.490 e. The third-order valence-corrected chi connectivity index (χ3v) is 6.33. The van der Waals surface area contributed by atoms with Crippen LogP contribution in [0.15, 0.2) is 58.9 Å². The van der Waals surface area contributed by atoms with Gasteiger partial charge in [0.1, 0.15) is 12.6 Å². The monoisotopic (exact) mass is 494 g/mol. The van der Waals surface area contributed by atoms with Gasteiger partial charge in [0.15, 0.2) is 11.5 Å². The second-order valence-electron chi connectivity index (χ2n) is 8.07. The third kappa shape index (κ3) is 5.30. The van der Waals surface area contributed by atoms with Crippen molar-refractivity contribution in [1.82, 2.24) is 14.8 Å². The Morgan fingerprint density at radius 1 is 1.09 bits per heavy atom. The van der Waals surface area contributed by atoms with E-state index in [0.29, 0.717) is 47.1 Å². The minimum Gasteiger partial charge on any atom is -0.490 e. The first-order chi connectivity index (χ1) is 16.9. The van der Waals surface area contributed by atoms with Crippen molar-refractivity contribution < 1.29 is 19.0 Å². The smallest absolute Gasteiger partial charge is 0.338 e. The number of hydrogen-bond donors (Lipinski definition) is 1. The summed E-state index contributed by atoms with van der Waals surface area (Å²) in [5.74, 6) is 2.22. The molecule has 2 heterocycles. The van der Waals surface area contributed by atoms with E-state index in [9.17, 15) is 4.79 Å². The van der Waals surface area contributed by atoms with Crippen molar-refractivity contribution in [3.05, 3.63) is 70.4 Å². The van der Waals surface area contributed by atoms with E-state index in [0.717, 1.165) is 16.9 Å². The van der Waals surface area contributed by atoms with Crippen LogP contribution in [0, 0.1) is 6.92 Å². The lowest BCUT2D eigenvalue weighted by atomic mass is 9.95. The highest BCUT2D eigenvalue weighted by Crippen LogP contribution is 2.40. The van der Waals surface area contributed by atoms with Crippen LogP contribution in [-0.2, 0) is 16.1 Å². The van der Waals surface area contributed by atoms with E-state index in [1.165, 1.54) is 24.4 Å². The zero-order chi connectivity index (χ0) is 24.9. The first-order valence-corrected chi connectivity index (χ1v) is 12.5. The van der Waals surface area contributed by atoms with Gasteiger partial charge >= 0.3 is 5.97 Å². The van der Waals surface area contributed by atoms with Crippen molar-refractivity contribution in [2.24, 2.45) is 0 Å². The van der Waals surface area contributed by atoms with Gasteiger partial charge in [0, 0.05) is 5.70 Å². The predicted octanol–water partition coefficient (Wildman–Crippen LogP) is 5.14. The van der Waals surface area contributed by atoms with E-state index in [1.807, 2.05) is 51.1 Å². The Morgan fingerprint density at radius 3 is 2.54 bits per heavy atom. The minimum atomic E-state index is -0.525. The number of nitrogens with one attached hydrogen (secondary N) is 1. The summed E-state index contributed by atoms with van der Waals surface area (Å²) >= 11 is 1.54. The molecule has 1 aliphatic heterocycles. The van der Waals surface area contributed by atoms with Crippen LogP contribution in [-0.4, -0.2) is 40.2 Å². The van der Waals surface area contributed by atoms with Gasteiger partial charge < -0.3 is 19.5 Å². The van der Waals surface area contributed by atoms with E-state index in [2.05, 4.69) is 34.5 Å². The summed E-state index contributed by atoms with van der Waals surface area (Å²) in [5.41, 5.74) is 4.23. The third-order valence-electron chi connectivity index (χ3n) is 5.61. The van der Waals surface area contributed by atoms with Crippen LogP contribution in [0.5, 0.6) is 11.5 Å². The van der Waals surface area contributed by atoms with Crippen LogP contribution < -0.4 is 14.8 Å². The Balaban J connectivity index is 1.72. The number of nitrogens with zero attached hydrogens (tertiary/aromatic N) is 3. The molecule has 1 unspecified atom stereocenters. The lowest BCUT2D eigenvalue weighted by Crippen LogP contribution is -2.29. The molecule has 1 N–H and O–H groups in total. The molecule has 1 aliphatic rings. The van der Waals surface area contributed by atoms with Crippen molar-refractivity contribution in [2.45, 2.75) is 45.5 Å². The Morgan fingerprint density at radius 2 is 1.86 bits per heavy atom. The van der Waals surface area contributed by atoms with E-state index in [1.54, 1.807) is 4.68 Å². The van der Waals surface area contributed by atoms with Gasteiger partial charge in [0.2, 0.25) is 11.1 Å². The average molecular weight is 495 g/mol. The SMILES string of the molecule is CCOc1cc(C2C(C(=O)OC)=C(C)Nc3nc(SCC)nn32)ccc1OCc1ccc(C)cc1. The topological polar surface area (TPSA) is 87.5 Å². The van der Waals surface area contributed by atoms with Crippen LogP contribution >= 0.6 is 11.8 Å². The summed E-state index contributed by atoms with van der Waals surface area (Å²) in [6.45, 7) is 8.76. The zero-order valence-electron chi connectivity index (χ0n) is 20.6. The summed E-state index contributed by atoms with van der Waals surface area (Å²) in [6.07, 6.45) is 0. The molecule has 35 heavy (non-hydrogen) atoms. The van der Waals surface area contributed by atoms with Crippen molar-refractivity contribution in [1.29, 1.82) is 0 Å². The summed E-state index contributed by atoms with van der Waals surface area (Å²) in [6, 6.07) is 13.4. The van der Waals surface area contributed by atoms with Crippen molar-refractivity contribution in [3.63, 3.8) is 0 Å². The Labute approximate surface area is 209 Å². The van der Waals surface area contributed by atoms with Crippen LogP contribution in [0.1, 0.15) is 43.5 Å². The number of aryl methyl sites for hydroxylation is 1. The summed E-state index contributed by atoms with van der Waals surface area (Å²) in [7, 11) is 1.38. The molecule has 0 spiro atoms. The first-order valence-electron chi connectivity index (χ1n) is 11.6. The number of benzene rings is 2. The second-order valence-corrected chi connectivity index (χ2v) is 9.30. The van der Waals surface area contributed by atoms with Gasteiger partial charge in [-0.15, -0.1) is 5.10 Å². The van der Waals surface area contributed by atoms with Crippen LogP contribution in [0.25, 0.3) is 0 Å². The molecular formula is C26H30N4O4S. The van der Waals surface area contributed by atoms with E-state index in [-0.39, 0.29) is 0 Å². The van der Waals surface area contributed by atoms with Crippen LogP contribution in [0.4, 0.5) is 5.95 Å². The molecule has 0 radical (unpaired) electrons. The highest BCUT2D eigenvalue weighted by atomic mass is 32.2. The number of allylic oxidation sites excluding steroid dienone is 1. The fourth-order valence-electron chi connectivity index (χ4n) is 3.93. The molecule has 0 amide bonds. The fraction of sp³-hybridized carbons (Fsp3) is 0.346. The summed E-state index contributed by atoms with van der Waals surface area (Å²) < 4.78 is 18.9. The number of carbonyl (C=O) groups is 1. The molecule has 0 saturated heterocycles. The van der Waals surface area contributed by atoms with E-state index in [4.69, 9.17) is 14.2 Å². The maximum Gasteiger partial charge on any atom is 0.338 e. The molecule has 0 aliphatic carbocycles. The Bertz CT molecular complexity index is 1240. The quantitative estimate of drug-likeness (QED) is 0.323. The molecule has 2 aromatic carbocycles. The normalized spacial score (nSPS) is 14.8. The molecule has 8 nitrogen and oxygen atoms in total. The number of aromatic nitrogens is 3. The van der Waals surface area contributed by atoms with Gasteiger partial charge in [0.25, 0.3) is 0 Å². The van der Waals surface area contributed by atoms with Crippen molar-refractivity contribution >= 4 is 23.7 Å². The number of thioether (sulfide) groups is 1. The average Bonchev–Trinajstić information content (AvgIpc) is 3.25. The number of esters is 1. The van der Waals surface area contributed by atoms with Gasteiger partial charge in [-0.3, -0.25) is 0 Å². The molecule has 1 aromatic heterocycles. The molecular weight excluding hydrogens is 464 g/mol. The highest BCUT2D eigenvalue weighted by Gasteiger charge is 2.35. The summed E-state index contributed by atoms with van der Waals surface area (Å²) in [4.78, 5) is 17.4. The number of methoxy groups -OCH3 is 1. The first kappa shape index (κ1) is 24.7. The molecule has 4 rings (SSSR count). The number of carbonyl (C=O) groups excluding carboxylic acids is 1. The van der Waals surface area contributed by atoms with E-state index >= 15 is 0 Å². The summed E-state index contributed by atoms with van der Waals surface area (Å²) in [5, 5.41) is 8.51.